The van der Waals surface area contributed by atoms with Gasteiger partial charge in [0.05, 0.1) is 17.1 Å². The Morgan fingerprint density at radius 3 is 2.21 bits per heavy atom. The lowest BCUT2D eigenvalue weighted by atomic mass is 9.88. The van der Waals surface area contributed by atoms with Gasteiger partial charge < -0.3 is 20.9 Å². The van der Waals surface area contributed by atoms with Gasteiger partial charge in [0.2, 0.25) is 5.91 Å². The third kappa shape index (κ3) is 9.86. The number of ether oxygens (including phenoxy) is 1. The molecule has 8 heteroatoms. The van der Waals surface area contributed by atoms with Crippen molar-refractivity contribution in [2.75, 3.05) is 11.9 Å². The van der Waals surface area contributed by atoms with Crippen LogP contribution < -0.4 is 11.1 Å². The van der Waals surface area contributed by atoms with Crippen molar-refractivity contribution in [2.24, 2.45) is 17.1 Å². The number of rotatable bonds is 5. The predicted octanol–water partition coefficient (Wildman–Crippen LogP) is 5.18. The summed E-state index contributed by atoms with van der Waals surface area (Å²) in [6.45, 7) is 6.00. The van der Waals surface area contributed by atoms with Crippen molar-refractivity contribution < 1.29 is 24.2 Å². The van der Waals surface area contributed by atoms with Crippen LogP contribution in [0.5, 0.6) is 0 Å². The molecule has 2 saturated carbocycles. The van der Waals surface area contributed by atoms with Crippen LogP contribution in [0.3, 0.4) is 0 Å². The third-order valence-electron chi connectivity index (χ3n) is 5.74. The minimum absolute atomic E-state index is 0.00518. The van der Waals surface area contributed by atoms with E-state index in [2.05, 4.69) is 17.2 Å². The molecule has 1 aromatic heterocycles. The second-order valence-corrected chi connectivity index (χ2v) is 11.0. The van der Waals surface area contributed by atoms with E-state index in [1.54, 1.807) is 6.07 Å². The third-order valence-corrected chi connectivity index (χ3v) is 6.78. The van der Waals surface area contributed by atoms with Crippen molar-refractivity contribution >= 4 is 34.9 Å². The molecule has 1 aromatic rings. The van der Waals surface area contributed by atoms with Gasteiger partial charge in [-0.05, 0) is 65.4 Å². The van der Waals surface area contributed by atoms with Gasteiger partial charge in [-0.1, -0.05) is 37.5 Å². The number of anilines is 1. The first-order valence-electron chi connectivity index (χ1n) is 12.2. The Morgan fingerprint density at radius 2 is 1.68 bits per heavy atom. The van der Waals surface area contributed by atoms with Crippen molar-refractivity contribution in [1.29, 1.82) is 0 Å². The van der Waals surface area contributed by atoms with Gasteiger partial charge in [-0.3, -0.25) is 9.59 Å². The van der Waals surface area contributed by atoms with E-state index in [0.717, 1.165) is 49.9 Å². The van der Waals surface area contributed by atoms with Crippen molar-refractivity contribution in [3.8, 4) is 11.8 Å². The van der Waals surface area contributed by atoms with Crippen LogP contribution in [-0.4, -0.2) is 35.6 Å². The fourth-order valence-electron chi connectivity index (χ4n) is 3.97. The molecule has 7 nitrogen and oxygen atoms in total. The van der Waals surface area contributed by atoms with Crippen LogP contribution in [0.2, 0.25) is 0 Å². The molecule has 0 atom stereocenters. The summed E-state index contributed by atoms with van der Waals surface area (Å²) in [6.07, 6.45) is 10.9. The lowest BCUT2D eigenvalue weighted by Gasteiger charge is -2.21. The van der Waals surface area contributed by atoms with E-state index in [1.165, 1.54) is 25.7 Å². The second kappa shape index (κ2) is 13.5. The van der Waals surface area contributed by atoms with Gasteiger partial charge in [-0.2, -0.15) is 0 Å². The van der Waals surface area contributed by atoms with Crippen molar-refractivity contribution in [3.63, 3.8) is 0 Å². The van der Waals surface area contributed by atoms with E-state index in [-0.39, 0.29) is 40.7 Å². The van der Waals surface area contributed by atoms with Crippen LogP contribution in [0.4, 0.5) is 5.69 Å². The predicted molar refractivity (Wildman–Crippen MR) is 135 cm³/mol. The van der Waals surface area contributed by atoms with Crippen molar-refractivity contribution in [2.45, 2.75) is 91.1 Å². The van der Waals surface area contributed by atoms with Gasteiger partial charge in [0, 0.05) is 11.3 Å². The number of carbonyl (C=O) groups is 3. The van der Waals surface area contributed by atoms with Crippen LogP contribution >= 0.6 is 11.3 Å². The van der Waals surface area contributed by atoms with Gasteiger partial charge in [-0.25, -0.2) is 4.79 Å². The number of carboxylic acid groups (broad SMARTS) is 1. The monoisotopic (exact) mass is 490 g/mol. The summed E-state index contributed by atoms with van der Waals surface area (Å²) < 4.78 is 5.08. The summed E-state index contributed by atoms with van der Waals surface area (Å²) in [5.41, 5.74) is 5.33. The van der Waals surface area contributed by atoms with Gasteiger partial charge in [0.15, 0.2) is 0 Å². The van der Waals surface area contributed by atoms with Gasteiger partial charge >= 0.3 is 11.9 Å². The van der Waals surface area contributed by atoms with Gasteiger partial charge in [0.1, 0.15) is 11.0 Å². The first-order valence-corrected chi connectivity index (χ1v) is 13.0. The zero-order valence-corrected chi connectivity index (χ0v) is 21.4. The lowest BCUT2D eigenvalue weighted by molar-refractivity contribution is -0.148. The molecule has 0 unspecified atom stereocenters. The largest absolute Gasteiger partial charge is 0.477 e. The number of carbonyl (C=O) groups excluding carboxylic acids is 2. The maximum Gasteiger partial charge on any atom is 0.348 e. The molecular formula is C26H38N2O5S. The summed E-state index contributed by atoms with van der Waals surface area (Å²) in [7, 11) is 0. The molecule has 0 aromatic carbocycles. The minimum Gasteiger partial charge on any atom is -0.477 e. The smallest absolute Gasteiger partial charge is 0.348 e. The van der Waals surface area contributed by atoms with E-state index >= 15 is 0 Å². The van der Waals surface area contributed by atoms with Crippen molar-refractivity contribution in [1.82, 2.24) is 0 Å². The van der Waals surface area contributed by atoms with Crippen LogP contribution in [-0.2, 0) is 14.3 Å². The summed E-state index contributed by atoms with van der Waals surface area (Å²) in [6, 6.07) is 1.67. The molecule has 1 amide bonds. The number of hydrogen-bond donors (Lipinski definition) is 3. The zero-order valence-electron chi connectivity index (χ0n) is 20.6. The summed E-state index contributed by atoms with van der Waals surface area (Å²) in [4.78, 5) is 35.3. The molecule has 2 fully saturated rings. The van der Waals surface area contributed by atoms with E-state index in [9.17, 15) is 19.5 Å². The lowest BCUT2D eigenvalue weighted by Crippen LogP contribution is -2.25. The highest BCUT2D eigenvalue weighted by Crippen LogP contribution is 2.30. The van der Waals surface area contributed by atoms with E-state index in [0.29, 0.717) is 10.6 Å². The number of hydrogen-bond acceptors (Lipinski definition) is 6. The molecule has 0 bridgehead atoms. The van der Waals surface area contributed by atoms with Crippen molar-refractivity contribution in [3.05, 3.63) is 15.8 Å². The Labute approximate surface area is 206 Å². The number of amides is 1. The highest BCUT2D eigenvalue weighted by Gasteiger charge is 2.24. The molecule has 2 aliphatic rings. The first-order chi connectivity index (χ1) is 16.1. The van der Waals surface area contributed by atoms with E-state index in [4.69, 9.17) is 10.5 Å². The number of esters is 1. The Kier molecular flexibility index (Phi) is 11.1. The molecule has 0 radical (unpaired) electrons. The SMILES string of the molecule is CC(C)(C)C#Cc1cc(NC(=O)C2CCCCC2)c(C(=O)O)s1.NCC(=O)OC1CCCCC1. The van der Waals surface area contributed by atoms with Crippen LogP contribution in [0.1, 0.15) is 99.5 Å². The Hall–Kier alpha value is -2.37. The highest BCUT2D eigenvalue weighted by molar-refractivity contribution is 7.15. The topological polar surface area (TPSA) is 119 Å². The number of nitrogens with one attached hydrogen (secondary N) is 1. The van der Waals surface area contributed by atoms with E-state index in [1.807, 2.05) is 20.8 Å². The molecule has 2 aliphatic carbocycles. The molecule has 3 rings (SSSR count). The molecule has 1 heterocycles. The van der Waals surface area contributed by atoms with Gasteiger partial charge in [0.25, 0.3) is 0 Å². The standard InChI is InChI=1S/C18H23NO3S.C8H15NO2/c1-18(2,3)10-9-13-11-14(15(23-13)17(21)22)19-16(20)12-7-5-4-6-8-12;9-6-8(10)11-7-4-2-1-3-5-7/h11-12H,4-8H2,1-3H3,(H,19,20)(H,21,22);7H,1-6,9H2. The van der Waals surface area contributed by atoms with Crippen LogP contribution in [0.15, 0.2) is 6.07 Å². The molecule has 0 aliphatic heterocycles. The maximum atomic E-state index is 12.3. The van der Waals surface area contributed by atoms with Gasteiger partial charge in [-0.15, -0.1) is 11.3 Å². The fraction of sp³-hybridized carbons (Fsp3) is 0.654. The first kappa shape index (κ1) is 27.9. The summed E-state index contributed by atoms with van der Waals surface area (Å²) in [5, 5.41) is 12.1. The molecule has 0 spiro atoms. The second-order valence-electron chi connectivity index (χ2n) is 9.94. The highest BCUT2D eigenvalue weighted by atomic mass is 32.1. The normalized spacial score (nSPS) is 16.9. The Bertz CT molecular complexity index is 895. The molecule has 188 valence electrons. The number of nitrogens with two attached hydrogens (primary N) is 1. The number of aromatic carboxylic acids is 1. The maximum absolute atomic E-state index is 12.3. The van der Waals surface area contributed by atoms with Crippen LogP contribution in [0, 0.1) is 23.2 Å². The molecule has 0 saturated heterocycles. The molecule has 34 heavy (non-hydrogen) atoms. The number of carboxylic acids is 1. The quantitative estimate of drug-likeness (QED) is 0.386. The van der Waals surface area contributed by atoms with E-state index < -0.39 is 5.97 Å². The zero-order chi connectivity index (χ0) is 25.1. The average Bonchev–Trinajstić information content (AvgIpc) is 3.22. The fourth-order valence-corrected chi connectivity index (χ4v) is 4.78. The Balaban J connectivity index is 0.000000310. The summed E-state index contributed by atoms with van der Waals surface area (Å²) >= 11 is 1.11. The Morgan fingerprint density at radius 1 is 1.09 bits per heavy atom. The molecular weight excluding hydrogens is 452 g/mol. The average molecular weight is 491 g/mol. The minimum atomic E-state index is -1.03. The number of thiophene rings is 1. The summed E-state index contributed by atoms with van der Waals surface area (Å²) in [5.74, 6) is 4.73. The molecule has 4 N–H and O–H groups in total. The van der Waals surface area contributed by atoms with Crippen LogP contribution in [0.25, 0.3) is 0 Å².